The van der Waals surface area contributed by atoms with Gasteiger partial charge in [0.15, 0.2) is 0 Å². The molecular weight excluding hydrogens is 286 g/mol. The Morgan fingerprint density at radius 1 is 1.32 bits per heavy atom. The average molecular weight is 309 g/mol. The van der Waals surface area contributed by atoms with E-state index in [1.54, 1.807) is 12.4 Å². The summed E-state index contributed by atoms with van der Waals surface area (Å²) >= 11 is 0. The SMILES string of the molecule is CCN(CCc1ccncc1)C(=O)C(=O)NCCOCCO. The number of ether oxygens (including phenoxy) is 1. The predicted molar refractivity (Wildman–Crippen MR) is 81.1 cm³/mol. The maximum absolute atomic E-state index is 12.0. The van der Waals surface area contributed by atoms with E-state index < -0.39 is 11.8 Å². The molecule has 0 spiro atoms. The summed E-state index contributed by atoms with van der Waals surface area (Å²) in [6, 6.07) is 3.77. The second-order valence-corrected chi connectivity index (χ2v) is 4.58. The molecule has 2 N–H and O–H groups in total. The summed E-state index contributed by atoms with van der Waals surface area (Å²) in [4.78, 5) is 29.2. The van der Waals surface area contributed by atoms with Crippen molar-refractivity contribution in [1.29, 1.82) is 0 Å². The van der Waals surface area contributed by atoms with E-state index in [0.29, 0.717) is 19.5 Å². The lowest BCUT2D eigenvalue weighted by atomic mass is 10.2. The van der Waals surface area contributed by atoms with Crippen molar-refractivity contribution in [3.63, 3.8) is 0 Å². The number of carbonyl (C=O) groups excluding carboxylic acids is 2. The number of carbonyl (C=O) groups is 2. The Morgan fingerprint density at radius 2 is 2.05 bits per heavy atom. The van der Waals surface area contributed by atoms with Gasteiger partial charge in [-0.1, -0.05) is 0 Å². The zero-order valence-electron chi connectivity index (χ0n) is 12.8. The molecule has 0 aliphatic rings. The zero-order valence-corrected chi connectivity index (χ0v) is 12.8. The molecule has 22 heavy (non-hydrogen) atoms. The fourth-order valence-electron chi connectivity index (χ4n) is 1.84. The van der Waals surface area contributed by atoms with E-state index in [9.17, 15) is 9.59 Å². The number of rotatable bonds is 9. The fourth-order valence-corrected chi connectivity index (χ4v) is 1.84. The van der Waals surface area contributed by atoms with E-state index in [4.69, 9.17) is 9.84 Å². The lowest BCUT2D eigenvalue weighted by molar-refractivity contribution is -0.145. The van der Waals surface area contributed by atoms with Crippen LogP contribution in [-0.2, 0) is 20.7 Å². The fraction of sp³-hybridized carbons (Fsp3) is 0.533. The van der Waals surface area contributed by atoms with Crippen LogP contribution in [0.1, 0.15) is 12.5 Å². The van der Waals surface area contributed by atoms with Crippen LogP contribution in [0, 0.1) is 0 Å². The van der Waals surface area contributed by atoms with E-state index in [1.807, 2.05) is 19.1 Å². The van der Waals surface area contributed by atoms with Crippen LogP contribution in [0.25, 0.3) is 0 Å². The molecule has 2 amide bonds. The van der Waals surface area contributed by atoms with Gasteiger partial charge in [0.05, 0.1) is 19.8 Å². The van der Waals surface area contributed by atoms with E-state index >= 15 is 0 Å². The zero-order chi connectivity index (χ0) is 16.2. The van der Waals surface area contributed by atoms with Crippen molar-refractivity contribution in [3.05, 3.63) is 30.1 Å². The van der Waals surface area contributed by atoms with Crippen molar-refractivity contribution in [2.75, 3.05) is 39.5 Å². The maximum atomic E-state index is 12.0. The molecule has 0 aliphatic heterocycles. The van der Waals surface area contributed by atoms with Gasteiger partial charge in [0, 0.05) is 32.0 Å². The monoisotopic (exact) mass is 309 g/mol. The van der Waals surface area contributed by atoms with Crippen LogP contribution in [0.15, 0.2) is 24.5 Å². The molecule has 1 aromatic rings. The minimum Gasteiger partial charge on any atom is -0.394 e. The third-order valence-corrected chi connectivity index (χ3v) is 3.05. The molecule has 7 heteroatoms. The van der Waals surface area contributed by atoms with Crippen LogP contribution in [0.3, 0.4) is 0 Å². The van der Waals surface area contributed by atoms with Gasteiger partial charge in [-0.15, -0.1) is 0 Å². The molecule has 0 saturated carbocycles. The Morgan fingerprint density at radius 3 is 2.68 bits per heavy atom. The molecule has 0 aromatic carbocycles. The molecule has 1 aromatic heterocycles. The predicted octanol–water partition coefficient (Wildman–Crippen LogP) is -0.402. The van der Waals surface area contributed by atoms with Crippen LogP contribution in [0.4, 0.5) is 0 Å². The van der Waals surface area contributed by atoms with Crippen molar-refractivity contribution < 1.29 is 19.4 Å². The van der Waals surface area contributed by atoms with Crippen molar-refractivity contribution in [3.8, 4) is 0 Å². The number of aliphatic hydroxyl groups excluding tert-OH is 1. The number of hydrogen-bond donors (Lipinski definition) is 2. The van der Waals surface area contributed by atoms with Crippen LogP contribution in [-0.4, -0.2) is 66.3 Å². The second kappa shape index (κ2) is 10.7. The Hall–Kier alpha value is -1.99. The van der Waals surface area contributed by atoms with Crippen molar-refractivity contribution in [2.45, 2.75) is 13.3 Å². The highest BCUT2D eigenvalue weighted by atomic mass is 16.5. The van der Waals surface area contributed by atoms with E-state index in [2.05, 4.69) is 10.3 Å². The van der Waals surface area contributed by atoms with Crippen LogP contribution < -0.4 is 5.32 Å². The molecule has 1 heterocycles. The first-order valence-electron chi connectivity index (χ1n) is 7.33. The third kappa shape index (κ3) is 6.64. The molecule has 0 unspecified atom stereocenters. The smallest absolute Gasteiger partial charge is 0.311 e. The normalized spacial score (nSPS) is 10.3. The van der Waals surface area contributed by atoms with Crippen LogP contribution in [0.5, 0.6) is 0 Å². The first-order valence-corrected chi connectivity index (χ1v) is 7.33. The van der Waals surface area contributed by atoms with Crippen molar-refractivity contribution >= 4 is 11.8 Å². The Balaban J connectivity index is 2.34. The first kappa shape index (κ1) is 18.1. The molecule has 0 fully saturated rings. The topological polar surface area (TPSA) is 91.8 Å². The van der Waals surface area contributed by atoms with E-state index in [1.165, 1.54) is 4.90 Å². The number of aromatic nitrogens is 1. The number of amides is 2. The highest BCUT2D eigenvalue weighted by Crippen LogP contribution is 2.00. The summed E-state index contributed by atoms with van der Waals surface area (Å²) in [5.41, 5.74) is 1.07. The lowest BCUT2D eigenvalue weighted by Gasteiger charge is -2.20. The molecule has 7 nitrogen and oxygen atoms in total. The first-order chi connectivity index (χ1) is 10.7. The van der Waals surface area contributed by atoms with Crippen LogP contribution >= 0.6 is 0 Å². The Kier molecular flexibility index (Phi) is 8.78. The van der Waals surface area contributed by atoms with Gasteiger partial charge in [0.25, 0.3) is 0 Å². The largest absolute Gasteiger partial charge is 0.394 e. The maximum Gasteiger partial charge on any atom is 0.311 e. The summed E-state index contributed by atoms with van der Waals surface area (Å²) in [7, 11) is 0. The molecule has 1 rings (SSSR count). The molecule has 0 bridgehead atoms. The molecule has 0 aliphatic carbocycles. The number of hydrogen-bond acceptors (Lipinski definition) is 5. The summed E-state index contributed by atoms with van der Waals surface area (Å²) in [5.74, 6) is -1.18. The summed E-state index contributed by atoms with van der Waals surface area (Å²) in [6.45, 7) is 3.45. The van der Waals surface area contributed by atoms with Crippen molar-refractivity contribution in [1.82, 2.24) is 15.2 Å². The summed E-state index contributed by atoms with van der Waals surface area (Å²) in [6.07, 6.45) is 4.08. The van der Waals surface area contributed by atoms with Gasteiger partial charge < -0.3 is 20.1 Å². The van der Waals surface area contributed by atoms with Gasteiger partial charge in [-0.25, -0.2) is 0 Å². The number of pyridine rings is 1. The molecule has 0 radical (unpaired) electrons. The molecular formula is C15H23N3O4. The third-order valence-electron chi connectivity index (χ3n) is 3.05. The standard InChI is InChI=1S/C15H23N3O4/c1-2-18(9-5-13-3-6-16-7-4-13)15(21)14(20)17-8-11-22-12-10-19/h3-4,6-7,19H,2,5,8-12H2,1H3,(H,17,20). The highest BCUT2D eigenvalue weighted by molar-refractivity contribution is 6.34. The van der Waals surface area contributed by atoms with E-state index in [0.717, 1.165) is 5.56 Å². The molecule has 0 saturated heterocycles. The van der Waals surface area contributed by atoms with Gasteiger partial charge in [0.1, 0.15) is 0 Å². The minimum atomic E-state index is -0.635. The number of aliphatic hydroxyl groups is 1. The quantitative estimate of drug-likeness (QED) is 0.478. The lowest BCUT2D eigenvalue weighted by Crippen LogP contribution is -2.44. The van der Waals surface area contributed by atoms with Gasteiger partial charge in [-0.2, -0.15) is 0 Å². The van der Waals surface area contributed by atoms with Crippen molar-refractivity contribution in [2.24, 2.45) is 0 Å². The van der Waals surface area contributed by atoms with Gasteiger partial charge >= 0.3 is 11.8 Å². The van der Waals surface area contributed by atoms with E-state index in [-0.39, 0.29) is 26.4 Å². The number of nitrogens with one attached hydrogen (secondary N) is 1. The molecule has 0 atom stereocenters. The minimum absolute atomic E-state index is 0.0640. The number of likely N-dealkylation sites (N-methyl/N-ethyl adjacent to an activating group) is 1. The van der Waals surface area contributed by atoms with Crippen LogP contribution in [0.2, 0.25) is 0 Å². The Bertz CT molecular complexity index is 453. The van der Waals surface area contributed by atoms with Gasteiger partial charge in [0.2, 0.25) is 0 Å². The summed E-state index contributed by atoms with van der Waals surface area (Å²) < 4.78 is 5.01. The summed E-state index contributed by atoms with van der Waals surface area (Å²) in [5, 5.41) is 11.1. The van der Waals surface area contributed by atoms with Gasteiger partial charge in [-0.05, 0) is 31.0 Å². The second-order valence-electron chi connectivity index (χ2n) is 4.58. The van der Waals surface area contributed by atoms with Gasteiger partial charge in [-0.3, -0.25) is 14.6 Å². The molecule has 122 valence electrons. The number of nitrogens with zero attached hydrogens (tertiary/aromatic N) is 2. The highest BCUT2D eigenvalue weighted by Gasteiger charge is 2.19. The average Bonchev–Trinajstić information content (AvgIpc) is 2.55. The Labute approximate surface area is 130 Å².